The highest BCUT2D eigenvalue weighted by Crippen LogP contribution is 2.26. The minimum absolute atomic E-state index is 0.00790. The van der Waals surface area contributed by atoms with Crippen LogP contribution in [-0.4, -0.2) is 31.9 Å². The zero-order valence-corrected chi connectivity index (χ0v) is 13.2. The number of esters is 1. The smallest absolute Gasteiger partial charge is 0.333 e. The first-order valence-electron chi connectivity index (χ1n) is 6.28. The van der Waals surface area contributed by atoms with E-state index in [9.17, 15) is 18.3 Å². The maximum atomic E-state index is 12.0. The number of carbonyl (C=O) groups is 1. The van der Waals surface area contributed by atoms with Gasteiger partial charge in [0, 0.05) is 5.57 Å². The first-order valence-corrected chi connectivity index (χ1v) is 8.31. The molecule has 7 heteroatoms. The van der Waals surface area contributed by atoms with Gasteiger partial charge in [-0.15, -0.1) is 0 Å². The summed E-state index contributed by atoms with van der Waals surface area (Å²) in [6, 6.07) is 3.76. The van der Waals surface area contributed by atoms with Crippen LogP contribution in [0.2, 0.25) is 5.02 Å². The topological polar surface area (TPSA) is 80.7 Å². The number of carbonyl (C=O) groups excluding carboxylic acids is 1. The SMILES string of the molecule is C=C(C)C(=O)OCCCCS(=O)(=O)c1ccc(O)c(Cl)c1. The summed E-state index contributed by atoms with van der Waals surface area (Å²) in [5.74, 6) is -0.732. The van der Waals surface area contributed by atoms with Gasteiger partial charge in [-0.2, -0.15) is 0 Å². The molecule has 21 heavy (non-hydrogen) atoms. The second-order valence-electron chi connectivity index (χ2n) is 4.56. The number of halogens is 1. The van der Waals surface area contributed by atoms with Crippen LogP contribution in [0.5, 0.6) is 5.75 Å². The van der Waals surface area contributed by atoms with Crippen molar-refractivity contribution in [2.45, 2.75) is 24.7 Å². The molecule has 0 aliphatic heterocycles. The lowest BCUT2D eigenvalue weighted by molar-refractivity contribution is -0.139. The van der Waals surface area contributed by atoms with Crippen LogP contribution in [-0.2, 0) is 19.4 Å². The molecule has 0 aliphatic carbocycles. The van der Waals surface area contributed by atoms with Crippen LogP contribution in [0.3, 0.4) is 0 Å². The van der Waals surface area contributed by atoms with Crippen molar-refractivity contribution in [3.05, 3.63) is 35.4 Å². The van der Waals surface area contributed by atoms with E-state index in [1.54, 1.807) is 6.92 Å². The van der Waals surface area contributed by atoms with E-state index >= 15 is 0 Å². The van der Waals surface area contributed by atoms with Crippen molar-refractivity contribution in [2.24, 2.45) is 0 Å². The molecule has 116 valence electrons. The summed E-state index contributed by atoms with van der Waals surface area (Å²) in [7, 11) is -3.47. The second-order valence-corrected chi connectivity index (χ2v) is 7.07. The van der Waals surface area contributed by atoms with Gasteiger partial charge in [-0.25, -0.2) is 13.2 Å². The van der Waals surface area contributed by atoms with E-state index in [2.05, 4.69) is 6.58 Å². The average molecular weight is 333 g/mol. The van der Waals surface area contributed by atoms with Gasteiger partial charge in [0.05, 0.1) is 22.3 Å². The monoisotopic (exact) mass is 332 g/mol. The fraction of sp³-hybridized carbons (Fsp3) is 0.357. The summed E-state index contributed by atoms with van der Waals surface area (Å²) in [4.78, 5) is 11.2. The Morgan fingerprint density at radius 2 is 2.05 bits per heavy atom. The number of phenolic OH excluding ortho intramolecular Hbond substituents is 1. The van der Waals surface area contributed by atoms with E-state index in [-0.39, 0.29) is 28.0 Å². The van der Waals surface area contributed by atoms with Crippen LogP contribution in [0.15, 0.2) is 35.2 Å². The Kier molecular flexibility index (Phi) is 6.23. The molecule has 0 unspecified atom stereocenters. The van der Waals surface area contributed by atoms with E-state index in [1.807, 2.05) is 0 Å². The van der Waals surface area contributed by atoms with Gasteiger partial charge in [-0.3, -0.25) is 0 Å². The predicted octanol–water partition coefficient (Wildman–Crippen LogP) is 2.72. The molecule has 0 fully saturated rings. The Morgan fingerprint density at radius 1 is 1.38 bits per heavy atom. The molecule has 1 aromatic carbocycles. The van der Waals surface area contributed by atoms with Crippen molar-refractivity contribution >= 4 is 27.4 Å². The van der Waals surface area contributed by atoms with E-state index < -0.39 is 15.8 Å². The number of ether oxygens (including phenoxy) is 1. The summed E-state index contributed by atoms with van der Waals surface area (Å²) < 4.78 is 28.9. The number of hydrogen-bond acceptors (Lipinski definition) is 5. The van der Waals surface area contributed by atoms with Gasteiger partial charge in [0.25, 0.3) is 0 Å². The molecular formula is C14H17ClO5S. The summed E-state index contributed by atoms with van der Waals surface area (Å²) in [5.41, 5.74) is 0.307. The number of phenols is 1. The minimum atomic E-state index is -3.47. The third kappa shape index (κ3) is 5.40. The van der Waals surface area contributed by atoms with Crippen LogP contribution < -0.4 is 0 Å². The summed E-state index contributed by atoms with van der Waals surface area (Å²) in [5, 5.41) is 9.26. The fourth-order valence-electron chi connectivity index (χ4n) is 1.48. The number of rotatable bonds is 7. The van der Waals surface area contributed by atoms with Crippen molar-refractivity contribution < 1.29 is 23.1 Å². The Hall–Kier alpha value is -1.53. The van der Waals surface area contributed by atoms with Crippen molar-refractivity contribution in [2.75, 3.05) is 12.4 Å². The molecule has 0 saturated heterocycles. The molecule has 1 N–H and O–H groups in total. The van der Waals surface area contributed by atoms with E-state index in [1.165, 1.54) is 18.2 Å². The quantitative estimate of drug-likeness (QED) is 0.471. The normalized spacial score (nSPS) is 11.1. The third-order valence-corrected chi connectivity index (χ3v) is 4.77. The number of unbranched alkanes of at least 4 members (excludes halogenated alkanes) is 1. The number of aromatic hydroxyl groups is 1. The van der Waals surface area contributed by atoms with Crippen molar-refractivity contribution in [1.29, 1.82) is 0 Å². The molecule has 0 heterocycles. The second kappa shape index (κ2) is 7.47. The molecule has 0 amide bonds. The highest BCUT2D eigenvalue weighted by Gasteiger charge is 2.15. The molecule has 0 bridgehead atoms. The molecule has 5 nitrogen and oxygen atoms in total. The molecular weight excluding hydrogens is 316 g/mol. The zero-order valence-electron chi connectivity index (χ0n) is 11.6. The number of benzene rings is 1. The maximum Gasteiger partial charge on any atom is 0.333 e. The molecule has 1 aromatic rings. The summed E-state index contributed by atoms with van der Waals surface area (Å²) >= 11 is 5.69. The van der Waals surface area contributed by atoms with Gasteiger partial charge in [0.2, 0.25) is 0 Å². The van der Waals surface area contributed by atoms with Gasteiger partial charge in [-0.1, -0.05) is 18.2 Å². The van der Waals surface area contributed by atoms with E-state index in [4.69, 9.17) is 16.3 Å². The Balaban J connectivity index is 2.48. The number of sulfone groups is 1. The molecule has 0 aliphatic rings. The molecule has 0 radical (unpaired) electrons. The van der Waals surface area contributed by atoms with Crippen LogP contribution >= 0.6 is 11.6 Å². The Bertz CT molecular complexity index is 637. The highest BCUT2D eigenvalue weighted by molar-refractivity contribution is 7.91. The lowest BCUT2D eigenvalue weighted by Gasteiger charge is -2.06. The van der Waals surface area contributed by atoms with E-state index in [0.717, 1.165) is 0 Å². The largest absolute Gasteiger partial charge is 0.506 e. The lowest BCUT2D eigenvalue weighted by atomic mass is 10.3. The summed E-state index contributed by atoms with van der Waals surface area (Å²) in [6.45, 7) is 5.14. The fourth-order valence-corrected chi connectivity index (χ4v) is 3.12. The summed E-state index contributed by atoms with van der Waals surface area (Å²) in [6.07, 6.45) is 0.786. The van der Waals surface area contributed by atoms with Crippen LogP contribution in [0.4, 0.5) is 0 Å². The Labute approximate surface area is 129 Å². The molecule has 0 aromatic heterocycles. The third-order valence-electron chi connectivity index (χ3n) is 2.67. The number of hydrogen-bond donors (Lipinski definition) is 1. The molecule has 0 saturated carbocycles. The van der Waals surface area contributed by atoms with Gasteiger partial charge >= 0.3 is 5.97 Å². The molecule has 0 atom stereocenters. The van der Waals surface area contributed by atoms with Crippen molar-refractivity contribution in [3.8, 4) is 5.75 Å². The maximum absolute atomic E-state index is 12.0. The van der Waals surface area contributed by atoms with Gasteiger partial charge < -0.3 is 9.84 Å². The van der Waals surface area contributed by atoms with Gasteiger partial charge in [0.15, 0.2) is 9.84 Å². The van der Waals surface area contributed by atoms with E-state index in [0.29, 0.717) is 18.4 Å². The van der Waals surface area contributed by atoms with Crippen molar-refractivity contribution in [3.63, 3.8) is 0 Å². The lowest BCUT2D eigenvalue weighted by Crippen LogP contribution is -2.10. The first-order chi connectivity index (χ1) is 9.74. The average Bonchev–Trinajstić information content (AvgIpc) is 2.40. The van der Waals surface area contributed by atoms with Gasteiger partial charge in [0.1, 0.15) is 5.75 Å². The highest BCUT2D eigenvalue weighted by atomic mass is 35.5. The first kappa shape index (κ1) is 17.5. The molecule has 0 spiro atoms. The Morgan fingerprint density at radius 3 is 2.62 bits per heavy atom. The standard InChI is InChI=1S/C14H17ClO5S/c1-10(2)14(17)20-7-3-4-8-21(18,19)11-5-6-13(16)12(15)9-11/h5-6,9,16H,1,3-4,7-8H2,2H3. The van der Waals surface area contributed by atoms with Crippen LogP contribution in [0.25, 0.3) is 0 Å². The molecule has 1 rings (SSSR count). The van der Waals surface area contributed by atoms with Crippen LogP contribution in [0.1, 0.15) is 19.8 Å². The van der Waals surface area contributed by atoms with Gasteiger partial charge in [-0.05, 0) is 38.0 Å². The zero-order chi connectivity index (χ0) is 16.0. The minimum Gasteiger partial charge on any atom is -0.506 e. The predicted molar refractivity (Wildman–Crippen MR) is 80.2 cm³/mol. The van der Waals surface area contributed by atoms with Crippen molar-refractivity contribution in [1.82, 2.24) is 0 Å². The van der Waals surface area contributed by atoms with Crippen LogP contribution in [0, 0.1) is 0 Å².